The summed E-state index contributed by atoms with van der Waals surface area (Å²) in [5, 5.41) is 10.1. The number of nitrogens with zero attached hydrogens (tertiary/aromatic N) is 2. The van der Waals surface area contributed by atoms with E-state index in [1.807, 2.05) is 0 Å². The van der Waals surface area contributed by atoms with E-state index in [0.29, 0.717) is 6.42 Å². The number of aliphatic carboxylic acids is 1. The van der Waals surface area contributed by atoms with Crippen molar-refractivity contribution in [1.29, 1.82) is 0 Å². The molecule has 0 radical (unpaired) electrons. The van der Waals surface area contributed by atoms with Crippen LogP contribution in [0.2, 0.25) is 0 Å². The molecule has 4 nitrogen and oxygen atoms in total. The number of rotatable bonds is 5. The van der Waals surface area contributed by atoms with Gasteiger partial charge in [-0.2, -0.15) is 0 Å². The van der Waals surface area contributed by atoms with Gasteiger partial charge in [-0.3, -0.25) is 4.79 Å². The third-order valence-electron chi connectivity index (χ3n) is 4.33. The summed E-state index contributed by atoms with van der Waals surface area (Å²) in [4.78, 5) is 19.8. The lowest BCUT2D eigenvalue weighted by Crippen LogP contribution is -2.11. The Morgan fingerprint density at radius 2 is 2.05 bits per heavy atom. The predicted octanol–water partition coefficient (Wildman–Crippen LogP) is 3.09. The van der Waals surface area contributed by atoms with E-state index in [9.17, 15) is 4.79 Å². The molecule has 2 aliphatic carbocycles. The number of fused-ring (bicyclic) bond motifs is 1. The molecule has 1 saturated carbocycles. The van der Waals surface area contributed by atoms with Crippen LogP contribution >= 0.6 is 11.8 Å². The summed E-state index contributed by atoms with van der Waals surface area (Å²) < 4.78 is 0. The maximum Gasteiger partial charge on any atom is 0.303 e. The minimum Gasteiger partial charge on any atom is -0.481 e. The molecule has 3 rings (SSSR count). The summed E-state index contributed by atoms with van der Waals surface area (Å²) in [6, 6.07) is 0. The molecule has 1 aromatic rings. The molecule has 0 bridgehead atoms. The van der Waals surface area contributed by atoms with Gasteiger partial charge in [0.15, 0.2) is 0 Å². The molecule has 1 fully saturated rings. The highest BCUT2D eigenvalue weighted by Gasteiger charge is 2.44. The summed E-state index contributed by atoms with van der Waals surface area (Å²) in [5.74, 6) is 0.201. The lowest BCUT2D eigenvalue weighted by atomic mass is 10.1. The quantitative estimate of drug-likeness (QED) is 0.513. The van der Waals surface area contributed by atoms with Gasteiger partial charge in [-0.25, -0.2) is 9.97 Å². The van der Waals surface area contributed by atoms with Crippen LogP contribution in [0.5, 0.6) is 0 Å². The van der Waals surface area contributed by atoms with E-state index >= 15 is 0 Å². The van der Waals surface area contributed by atoms with Crippen LogP contribution in [0.25, 0.3) is 0 Å². The molecular formula is C15H20N2O2S. The highest BCUT2D eigenvalue weighted by atomic mass is 32.2. The Kier molecular flexibility index (Phi) is 3.96. The number of carboxylic acids is 1. The highest BCUT2D eigenvalue weighted by molar-refractivity contribution is 7.99. The maximum atomic E-state index is 10.9. The van der Waals surface area contributed by atoms with Gasteiger partial charge in [0, 0.05) is 17.0 Å². The zero-order valence-corrected chi connectivity index (χ0v) is 12.4. The number of carbonyl (C=O) groups is 1. The molecule has 1 N–H and O–H groups in total. The van der Waals surface area contributed by atoms with Gasteiger partial charge in [0.25, 0.3) is 0 Å². The lowest BCUT2D eigenvalue weighted by Gasteiger charge is -2.14. The Bertz CT molecular complexity index is 515. The molecule has 0 aromatic carbocycles. The third kappa shape index (κ3) is 3.14. The van der Waals surface area contributed by atoms with Crippen LogP contribution in [-0.2, 0) is 17.6 Å². The van der Waals surface area contributed by atoms with Crippen LogP contribution in [0.3, 0.4) is 0 Å². The number of aromatic nitrogens is 2. The molecule has 0 spiro atoms. The molecule has 0 saturated heterocycles. The zero-order valence-electron chi connectivity index (χ0n) is 11.6. The maximum absolute atomic E-state index is 10.9. The molecule has 2 aliphatic rings. The first-order chi connectivity index (χ1) is 9.69. The minimum atomic E-state index is -0.676. The number of hydrogen-bond acceptors (Lipinski definition) is 4. The standard InChI is InChI=1S/C15H20N2O2S/c18-13(19)8-15(6-7-15)9-20-14-11-4-2-1-3-5-12(11)16-10-17-14/h10H,1-9H2,(H,18,19). The molecule has 108 valence electrons. The number of hydrogen-bond donors (Lipinski definition) is 1. The third-order valence-corrected chi connectivity index (χ3v) is 5.72. The van der Waals surface area contributed by atoms with E-state index in [0.717, 1.165) is 36.5 Å². The van der Waals surface area contributed by atoms with Gasteiger partial charge in [-0.1, -0.05) is 6.42 Å². The van der Waals surface area contributed by atoms with Crippen molar-refractivity contribution in [1.82, 2.24) is 9.97 Å². The van der Waals surface area contributed by atoms with Crippen molar-refractivity contribution in [3.05, 3.63) is 17.6 Å². The lowest BCUT2D eigenvalue weighted by molar-refractivity contribution is -0.138. The molecule has 0 aliphatic heterocycles. The highest BCUT2D eigenvalue weighted by Crippen LogP contribution is 2.52. The second kappa shape index (κ2) is 5.72. The fourth-order valence-corrected chi connectivity index (χ4v) is 4.23. The first-order valence-corrected chi connectivity index (χ1v) is 8.34. The Morgan fingerprint density at radius 3 is 2.80 bits per heavy atom. The monoisotopic (exact) mass is 292 g/mol. The van der Waals surface area contributed by atoms with E-state index in [-0.39, 0.29) is 5.41 Å². The van der Waals surface area contributed by atoms with E-state index in [1.54, 1.807) is 18.1 Å². The fourth-order valence-electron chi connectivity index (χ4n) is 2.88. The van der Waals surface area contributed by atoms with Gasteiger partial charge in [-0.15, -0.1) is 11.8 Å². The Balaban J connectivity index is 1.70. The Morgan fingerprint density at radius 1 is 1.25 bits per heavy atom. The SMILES string of the molecule is O=C(O)CC1(CSc2ncnc3c2CCCCC3)CC1. The normalized spacial score (nSPS) is 20.0. The Hall–Kier alpha value is -1.10. The van der Waals surface area contributed by atoms with Gasteiger partial charge in [0.1, 0.15) is 11.4 Å². The summed E-state index contributed by atoms with van der Waals surface area (Å²) >= 11 is 1.74. The van der Waals surface area contributed by atoms with Crippen molar-refractivity contribution in [2.45, 2.75) is 56.4 Å². The van der Waals surface area contributed by atoms with Crippen molar-refractivity contribution in [2.75, 3.05) is 5.75 Å². The first-order valence-electron chi connectivity index (χ1n) is 7.36. The average molecular weight is 292 g/mol. The number of thioether (sulfide) groups is 1. The van der Waals surface area contributed by atoms with Gasteiger partial charge < -0.3 is 5.11 Å². The van der Waals surface area contributed by atoms with Crippen molar-refractivity contribution < 1.29 is 9.90 Å². The fraction of sp³-hybridized carbons (Fsp3) is 0.667. The topological polar surface area (TPSA) is 63.1 Å². The van der Waals surface area contributed by atoms with Gasteiger partial charge >= 0.3 is 5.97 Å². The smallest absolute Gasteiger partial charge is 0.303 e. The number of aryl methyl sites for hydroxylation is 1. The summed E-state index contributed by atoms with van der Waals surface area (Å²) in [6.45, 7) is 0. The van der Waals surface area contributed by atoms with E-state index in [4.69, 9.17) is 5.11 Å². The summed E-state index contributed by atoms with van der Waals surface area (Å²) in [6.07, 6.45) is 9.89. The Labute approximate surface area is 123 Å². The predicted molar refractivity (Wildman–Crippen MR) is 77.9 cm³/mol. The van der Waals surface area contributed by atoms with E-state index in [1.165, 1.54) is 30.5 Å². The van der Waals surface area contributed by atoms with Gasteiger partial charge in [-0.05, 0) is 43.9 Å². The van der Waals surface area contributed by atoms with Crippen molar-refractivity contribution >= 4 is 17.7 Å². The van der Waals surface area contributed by atoms with Crippen LogP contribution in [0.15, 0.2) is 11.4 Å². The van der Waals surface area contributed by atoms with E-state index in [2.05, 4.69) is 9.97 Å². The molecule has 1 aromatic heterocycles. The molecule has 20 heavy (non-hydrogen) atoms. The van der Waals surface area contributed by atoms with Crippen molar-refractivity contribution in [3.8, 4) is 0 Å². The molecule has 0 amide bonds. The van der Waals surface area contributed by atoms with E-state index < -0.39 is 5.97 Å². The van der Waals surface area contributed by atoms with Crippen LogP contribution in [0.4, 0.5) is 0 Å². The largest absolute Gasteiger partial charge is 0.481 e. The van der Waals surface area contributed by atoms with Crippen molar-refractivity contribution in [3.63, 3.8) is 0 Å². The van der Waals surface area contributed by atoms with Crippen LogP contribution in [0, 0.1) is 5.41 Å². The van der Waals surface area contributed by atoms with Gasteiger partial charge in [0.2, 0.25) is 0 Å². The summed E-state index contributed by atoms with van der Waals surface area (Å²) in [5.41, 5.74) is 2.56. The zero-order chi connectivity index (χ0) is 14.0. The molecule has 1 heterocycles. The second-order valence-electron chi connectivity index (χ2n) is 6.02. The van der Waals surface area contributed by atoms with Crippen LogP contribution in [-0.4, -0.2) is 26.8 Å². The van der Waals surface area contributed by atoms with Crippen molar-refractivity contribution in [2.24, 2.45) is 5.41 Å². The molecular weight excluding hydrogens is 272 g/mol. The second-order valence-corrected chi connectivity index (χ2v) is 6.99. The molecule has 0 atom stereocenters. The average Bonchev–Trinajstić information content (AvgIpc) is 3.19. The van der Waals surface area contributed by atoms with Crippen LogP contribution in [0.1, 0.15) is 49.8 Å². The minimum absolute atomic E-state index is 0.0268. The van der Waals surface area contributed by atoms with Crippen LogP contribution < -0.4 is 0 Å². The number of carboxylic acid groups (broad SMARTS) is 1. The molecule has 5 heteroatoms. The molecule has 0 unspecified atom stereocenters. The summed E-state index contributed by atoms with van der Waals surface area (Å²) in [7, 11) is 0. The first kappa shape index (κ1) is 13.9. The van der Waals surface area contributed by atoms with Gasteiger partial charge in [0.05, 0.1) is 6.42 Å².